The highest BCUT2D eigenvalue weighted by molar-refractivity contribution is 7.50. The first-order valence-electron chi connectivity index (χ1n) is 12.5. The molecule has 1 fully saturated rings. The van der Waals surface area contributed by atoms with Crippen LogP contribution in [0.1, 0.15) is 51.4 Å². The van der Waals surface area contributed by atoms with Crippen LogP contribution in [0.5, 0.6) is 5.75 Å². The Morgan fingerprint density at radius 2 is 1.85 bits per heavy atom. The first-order valence-corrected chi connectivity index (χ1v) is 14.3. The van der Waals surface area contributed by atoms with E-state index in [2.05, 4.69) is 20.6 Å². The maximum absolute atomic E-state index is 14.0. The predicted octanol–water partition coefficient (Wildman–Crippen LogP) is 4.49. The van der Waals surface area contributed by atoms with Gasteiger partial charge in [-0.15, -0.1) is 0 Å². The summed E-state index contributed by atoms with van der Waals surface area (Å²) in [4.78, 5) is 40.9. The average Bonchev–Trinajstić information content (AvgIpc) is 3.16. The fourth-order valence-corrected chi connectivity index (χ4v) is 5.75. The van der Waals surface area contributed by atoms with Gasteiger partial charge < -0.3 is 35.2 Å². The van der Waals surface area contributed by atoms with Crippen molar-refractivity contribution >= 4 is 36.6 Å². The van der Waals surface area contributed by atoms with Crippen LogP contribution in [0.4, 0.5) is 36.3 Å². The Morgan fingerprint density at radius 1 is 1.15 bits per heavy atom. The zero-order chi connectivity index (χ0) is 29.7. The Labute approximate surface area is 232 Å². The van der Waals surface area contributed by atoms with E-state index in [1.807, 2.05) is 0 Å². The number of carbonyl (C=O) groups excluding carboxylic acids is 1. The van der Waals surface area contributed by atoms with Crippen LogP contribution in [0.2, 0.25) is 0 Å². The predicted molar refractivity (Wildman–Crippen MR) is 143 cm³/mol. The number of anilines is 4. The minimum atomic E-state index is -4.81. The van der Waals surface area contributed by atoms with E-state index in [4.69, 9.17) is 4.74 Å². The molecule has 1 saturated carbocycles. The lowest BCUT2D eigenvalue weighted by atomic mass is 9.75. The van der Waals surface area contributed by atoms with E-state index in [0.717, 1.165) is 5.56 Å². The van der Waals surface area contributed by atoms with Crippen molar-refractivity contribution in [3.63, 3.8) is 0 Å². The summed E-state index contributed by atoms with van der Waals surface area (Å²) in [5.41, 5.74) is 1.41. The molecule has 3 aromatic rings. The number of halogens is 3. The molecular formula is C26H27F3N5O6P. The third kappa shape index (κ3) is 6.01. The van der Waals surface area contributed by atoms with Crippen LogP contribution < -0.4 is 15.4 Å². The number of aliphatic hydroxyl groups is 1. The van der Waals surface area contributed by atoms with Gasteiger partial charge in [-0.1, -0.05) is 12.1 Å². The van der Waals surface area contributed by atoms with Crippen LogP contribution >= 0.6 is 7.60 Å². The average molecular weight is 593 g/mol. The molecule has 1 aromatic heterocycles. The number of fused-ring (bicyclic) bond motifs is 1. The quantitative estimate of drug-likeness (QED) is 0.236. The summed E-state index contributed by atoms with van der Waals surface area (Å²) >= 11 is 0. The number of nitrogens with one attached hydrogen (secondary N) is 2. The molecule has 41 heavy (non-hydrogen) atoms. The molecule has 5 N–H and O–H groups in total. The van der Waals surface area contributed by atoms with E-state index < -0.39 is 37.4 Å². The summed E-state index contributed by atoms with van der Waals surface area (Å²) in [5.74, 6) is -0.914. The van der Waals surface area contributed by atoms with Gasteiger partial charge >= 0.3 is 13.8 Å². The van der Waals surface area contributed by atoms with Crippen LogP contribution in [-0.2, 0) is 23.4 Å². The Hall–Kier alpha value is -3.71. The number of amides is 1. The number of aromatic nitrogens is 2. The number of nitrogens with zero attached hydrogens (tertiary/aromatic N) is 3. The fourth-order valence-electron chi connectivity index (χ4n) is 5.07. The third-order valence-corrected chi connectivity index (χ3v) is 7.88. The van der Waals surface area contributed by atoms with Gasteiger partial charge in [-0.05, 0) is 53.6 Å². The van der Waals surface area contributed by atoms with Crippen LogP contribution in [-0.4, -0.2) is 55.9 Å². The van der Waals surface area contributed by atoms with E-state index in [-0.39, 0.29) is 40.5 Å². The van der Waals surface area contributed by atoms with Gasteiger partial charge in [-0.25, -0.2) is 4.98 Å². The molecule has 1 aliphatic heterocycles. The minimum Gasteiger partial charge on any atom is -0.495 e. The van der Waals surface area contributed by atoms with E-state index in [1.54, 1.807) is 19.2 Å². The summed E-state index contributed by atoms with van der Waals surface area (Å²) in [6, 6.07) is 7.57. The highest BCUT2D eigenvalue weighted by Gasteiger charge is 2.38. The SMILES string of the molecule is COc1cc(CP(=O)(O)O)ccc1Nc1ncc(C(F)(F)F)c(Nc2ccc([C@H]3C[C@@H](O)C3)c3c2C(=O)N(C)C3)n1. The van der Waals surface area contributed by atoms with Crippen molar-refractivity contribution in [3.05, 3.63) is 64.3 Å². The van der Waals surface area contributed by atoms with E-state index >= 15 is 0 Å². The summed E-state index contributed by atoms with van der Waals surface area (Å²) in [6.07, 6.45) is -4.02. The molecule has 0 saturated heterocycles. The number of ether oxygens (including phenoxy) is 1. The van der Waals surface area contributed by atoms with E-state index in [1.165, 1.54) is 30.2 Å². The van der Waals surface area contributed by atoms with Gasteiger partial charge in [0, 0.05) is 19.8 Å². The lowest BCUT2D eigenvalue weighted by molar-refractivity contribution is -0.137. The van der Waals surface area contributed by atoms with Gasteiger partial charge in [-0.2, -0.15) is 18.2 Å². The second-order valence-electron chi connectivity index (χ2n) is 10.1. The molecule has 0 atom stereocenters. The number of benzene rings is 2. The maximum Gasteiger partial charge on any atom is 0.421 e. The first-order chi connectivity index (χ1) is 19.2. The fraction of sp³-hybridized carbons (Fsp3) is 0.346. The minimum absolute atomic E-state index is 0.0655. The molecule has 2 aliphatic rings. The topological polar surface area (TPSA) is 157 Å². The van der Waals surface area contributed by atoms with Crippen LogP contribution in [0, 0.1) is 0 Å². The third-order valence-electron chi connectivity index (χ3n) is 7.11. The number of carbonyl (C=O) groups is 1. The second-order valence-corrected chi connectivity index (χ2v) is 11.7. The van der Waals surface area contributed by atoms with Crippen LogP contribution in [0.25, 0.3) is 0 Å². The van der Waals surface area contributed by atoms with Gasteiger partial charge in [0.05, 0.1) is 36.3 Å². The lowest BCUT2D eigenvalue weighted by Crippen LogP contribution is -2.27. The Balaban J connectivity index is 1.50. The number of methoxy groups -OCH3 is 1. The number of rotatable bonds is 8. The Bertz CT molecular complexity index is 1560. The number of hydrogen-bond acceptors (Lipinski definition) is 8. The summed E-state index contributed by atoms with van der Waals surface area (Å²) in [5, 5.41) is 15.2. The molecule has 218 valence electrons. The standard InChI is InChI=1S/C26H27F3N5O6P/c1-34-11-17-16(14-8-15(35)9-14)4-6-20(22(17)24(34)36)31-23-18(26(27,28)29)10-30-25(33-23)32-19-5-3-13(7-21(19)40-2)12-41(37,38)39/h3-7,10,14-15,35H,8-9,11-12H2,1-2H3,(H2,37,38,39)(H2,30,31,32,33)/t14-,15+. The molecule has 2 aromatic carbocycles. The molecule has 0 bridgehead atoms. The smallest absolute Gasteiger partial charge is 0.421 e. The molecule has 1 amide bonds. The first kappa shape index (κ1) is 28.8. The summed E-state index contributed by atoms with van der Waals surface area (Å²) < 4.78 is 58.5. The monoisotopic (exact) mass is 593 g/mol. The molecule has 2 heterocycles. The van der Waals surface area contributed by atoms with Crippen LogP contribution in [0.3, 0.4) is 0 Å². The molecule has 1 aliphatic carbocycles. The summed E-state index contributed by atoms with van der Waals surface area (Å²) in [6.45, 7) is 0.298. The molecule has 0 radical (unpaired) electrons. The van der Waals surface area contributed by atoms with Crippen molar-refractivity contribution in [3.8, 4) is 5.75 Å². The van der Waals surface area contributed by atoms with Gasteiger partial charge in [0.15, 0.2) is 0 Å². The molecule has 15 heteroatoms. The number of hydrogen-bond donors (Lipinski definition) is 5. The van der Waals surface area contributed by atoms with Gasteiger partial charge in [0.2, 0.25) is 5.95 Å². The van der Waals surface area contributed by atoms with E-state index in [0.29, 0.717) is 36.7 Å². The largest absolute Gasteiger partial charge is 0.495 e. The molecular weight excluding hydrogens is 566 g/mol. The van der Waals surface area contributed by atoms with Gasteiger partial charge in [0.25, 0.3) is 5.91 Å². The van der Waals surface area contributed by atoms with Crippen molar-refractivity contribution in [1.82, 2.24) is 14.9 Å². The molecule has 0 spiro atoms. The van der Waals surface area contributed by atoms with Crippen molar-refractivity contribution in [2.24, 2.45) is 0 Å². The highest BCUT2D eigenvalue weighted by atomic mass is 31.2. The lowest BCUT2D eigenvalue weighted by Gasteiger charge is -2.33. The highest BCUT2D eigenvalue weighted by Crippen LogP contribution is 2.44. The zero-order valence-electron chi connectivity index (χ0n) is 21.9. The van der Waals surface area contributed by atoms with Crippen molar-refractivity contribution < 1.29 is 42.2 Å². The Kier molecular flexibility index (Phi) is 7.45. The van der Waals surface area contributed by atoms with Crippen molar-refractivity contribution in [2.45, 2.75) is 43.7 Å². The van der Waals surface area contributed by atoms with E-state index in [9.17, 15) is 37.4 Å². The molecule has 0 unspecified atom stereocenters. The zero-order valence-corrected chi connectivity index (χ0v) is 22.8. The Morgan fingerprint density at radius 3 is 2.49 bits per heavy atom. The number of alkyl halides is 3. The molecule has 11 nitrogen and oxygen atoms in total. The van der Waals surface area contributed by atoms with Crippen molar-refractivity contribution in [2.75, 3.05) is 24.8 Å². The second kappa shape index (κ2) is 10.6. The molecule has 5 rings (SSSR count). The maximum atomic E-state index is 14.0. The normalized spacial score (nSPS) is 18.6. The van der Waals surface area contributed by atoms with Gasteiger partial charge in [-0.3, -0.25) is 9.36 Å². The van der Waals surface area contributed by atoms with Gasteiger partial charge in [0.1, 0.15) is 17.1 Å². The summed E-state index contributed by atoms with van der Waals surface area (Å²) in [7, 11) is -1.41. The number of aliphatic hydroxyl groups excluding tert-OH is 1. The van der Waals surface area contributed by atoms with Crippen LogP contribution in [0.15, 0.2) is 36.5 Å². The van der Waals surface area contributed by atoms with Crippen molar-refractivity contribution in [1.29, 1.82) is 0 Å².